The van der Waals surface area contributed by atoms with E-state index in [9.17, 15) is 0 Å². The van der Waals surface area contributed by atoms with E-state index in [1.54, 1.807) is 22.5 Å². The fourth-order valence-electron chi connectivity index (χ4n) is 1.06. The summed E-state index contributed by atoms with van der Waals surface area (Å²) in [5, 5.41) is 4.95. The lowest BCUT2D eigenvalue weighted by molar-refractivity contribution is 0.800. The van der Waals surface area contributed by atoms with Crippen molar-refractivity contribution in [3.8, 4) is 0 Å². The van der Waals surface area contributed by atoms with Crippen molar-refractivity contribution in [1.82, 2.24) is 14.6 Å². The topological polar surface area (TPSA) is 56.2 Å². The molecule has 2 rings (SSSR count). The van der Waals surface area contributed by atoms with Gasteiger partial charge in [0, 0.05) is 12.3 Å². The Labute approximate surface area is 73.8 Å². The van der Waals surface area contributed by atoms with E-state index in [2.05, 4.69) is 10.1 Å². The highest BCUT2D eigenvalue weighted by Crippen LogP contribution is 2.14. The molecule has 0 aliphatic carbocycles. The molecule has 0 fully saturated rings. The van der Waals surface area contributed by atoms with E-state index in [1.807, 2.05) is 18.4 Å². The summed E-state index contributed by atoms with van der Waals surface area (Å²) in [6.07, 6.45) is 3.71. The summed E-state index contributed by atoms with van der Waals surface area (Å²) in [5.74, 6) is 0.526. The third-order valence-corrected chi connectivity index (χ3v) is 2.19. The minimum absolute atomic E-state index is 0.526. The van der Waals surface area contributed by atoms with E-state index in [4.69, 9.17) is 5.73 Å². The first-order valence-electron chi connectivity index (χ1n) is 3.45. The number of thioether (sulfide) groups is 1. The molecule has 0 aliphatic rings. The smallest absolute Gasteiger partial charge is 0.189 e. The summed E-state index contributed by atoms with van der Waals surface area (Å²) in [7, 11) is 0. The third kappa shape index (κ3) is 1.02. The van der Waals surface area contributed by atoms with Gasteiger partial charge in [-0.25, -0.2) is 9.50 Å². The van der Waals surface area contributed by atoms with Crippen LogP contribution in [0.2, 0.25) is 0 Å². The van der Waals surface area contributed by atoms with E-state index in [1.165, 1.54) is 0 Å². The van der Waals surface area contributed by atoms with Crippen molar-refractivity contribution >= 4 is 23.1 Å². The second kappa shape index (κ2) is 2.67. The first kappa shape index (κ1) is 7.42. The number of hydrogen-bond acceptors (Lipinski definition) is 4. The predicted octanol–water partition coefficient (Wildman–Crippen LogP) is 1.03. The van der Waals surface area contributed by atoms with Crippen LogP contribution in [0.3, 0.4) is 0 Å². The molecule has 12 heavy (non-hydrogen) atoms. The van der Waals surface area contributed by atoms with E-state index < -0.39 is 0 Å². The number of nitrogens with two attached hydrogens (primary N) is 1. The van der Waals surface area contributed by atoms with Gasteiger partial charge in [-0.3, -0.25) is 0 Å². The minimum Gasteiger partial charge on any atom is -0.382 e. The number of aromatic nitrogens is 3. The van der Waals surface area contributed by atoms with E-state index in [0.717, 1.165) is 10.7 Å². The first-order valence-corrected chi connectivity index (χ1v) is 4.68. The highest BCUT2D eigenvalue weighted by Gasteiger charge is 2.02. The predicted molar refractivity (Wildman–Crippen MR) is 49.2 cm³/mol. The molecule has 5 heteroatoms. The van der Waals surface area contributed by atoms with Crippen molar-refractivity contribution in [2.45, 2.75) is 5.16 Å². The molecule has 0 bridgehead atoms. The maximum absolute atomic E-state index is 5.55. The van der Waals surface area contributed by atoms with Crippen molar-refractivity contribution in [1.29, 1.82) is 0 Å². The average Bonchev–Trinajstić information content (AvgIpc) is 2.44. The van der Waals surface area contributed by atoms with Gasteiger partial charge in [0.15, 0.2) is 5.16 Å². The third-order valence-electron chi connectivity index (χ3n) is 1.55. The van der Waals surface area contributed by atoms with Crippen molar-refractivity contribution in [2.24, 2.45) is 0 Å². The molecule has 0 saturated heterocycles. The van der Waals surface area contributed by atoms with Crippen molar-refractivity contribution in [3.63, 3.8) is 0 Å². The summed E-state index contributed by atoms with van der Waals surface area (Å²) in [5.41, 5.74) is 6.52. The quantitative estimate of drug-likeness (QED) is 0.526. The Morgan fingerprint density at radius 2 is 2.42 bits per heavy atom. The Kier molecular flexibility index (Phi) is 1.65. The highest BCUT2D eigenvalue weighted by molar-refractivity contribution is 7.98. The molecule has 2 N–H and O–H groups in total. The van der Waals surface area contributed by atoms with Crippen LogP contribution in [-0.2, 0) is 0 Å². The molecule has 0 amide bonds. The van der Waals surface area contributed by atoms with Crippen LogP contribution in [0, 0.1) is 0 Å². The van der Waals surface area contributed by atoms with Crippen LogP contribution in [-0.4, -0.2) is 20.9 Å². The molecule has 62 valence electrons. The van der Waals surface area contributed by atoms with E-state index in [0.29, 0.717) is 5.82 Å². The van der Waals surface area contributed by atoms with Gasteiger partial charge < -0.3 is 5.73 Å². The molecule has 2 heterocycles. The van der Waals surface area contributed by atoms with Gasteiger partial charge in [0.2, 0.25) is 0 Å². The fourth-order valence-corrected chi connectivity index (χ4v) is 1.54. The van der Waals surface area contributed by atoms with Crippen LogP contribution >= 0.6 is 11.8 Å². The molecule has 0 atom stereocenters. The zero-order chi connectivity index (χ0) is 8.55. The molecule has 0 aromatic carbocycles. The van der Waals surface area contributed by atoms with Crippen LogP contribution in [0.5, 0.6) is 0 Å². The highest BCUT2D eigenvalue weighted by atomic mass is 32.2. The number of nitrogens with zero attached hydrogens (tertiary/aromatic N) is 3. The zero-order valence-corrected chi connectivity index (χ0v) is 7.38. The Morgan fingerprint density at radius 3 is 3.17 bits per heavy atom. The summed E-state index contributed by atoms with van der Waals surface area (Å²) in [4.78, 5) is 4.15. The Bertz CT molecular complexity index is 409. The van der Waals surface area contributed by atoms with E-state index in [-0.39, 0.29) is 0 Å². The molecular weight excluding hydrogens is 172 g/mol. The molecular formula is C7H8N4S. The molecule has 2 aromatic heterocycles. The monoisotopic (exact) mass is 180 g/mol. The fraction of sp³-hybridized carbons (Fsp3) is 0.143. The normalized spacial score (nSPS) is 10.8. The summed E-state index contributed by atoms with van der Waals surface area (Å²) in [6, 6.07) is 3.70. The maximum atomic E-state index is 5.55. The van der Waals surface area contributed by atoms with Gasteiger partial charge in [-0.15, -0.1) is 5.10 Å². The summed E-state index contributed by atoms with van der Waals surface area (Å²) < 4.78 is 1.74. The lowest BCUT2D eigenvalue weighted by atomic mass is 10.5. The molecule has 0 spiro atoms. The van der Waals surface area contributed by atoms with Gasteiger partial charge in [-0.1, -0.05) is 11.8 Å². The van der Waals surface area contributed by atoms with Gasteiger partial charge >= 0.3 is 0 Å². The minimum atomic E-state index is 0.526. The van der Waals surface area contributed by atoms with E-state index >= 15 is 0 Å². The van der Waals surface area contributed by atoms with Crippen molar-refractivity contribution in [2.75, 3.05) is 12.0 Å². The summed E-state index contributed by atoms with van der Waals surface area (Å²) in [6.45, 7) is 0. The summed E-state index contributed by atoms with van der Waals surface area (Å²) >= 11 is 1.55. The van der Waals surface area contributed by atoms with Crippen LogP contribution < -0.4 is 5.73 Å². The van der Waals surface area contributed by atoms with Crippen LogP contribution in [0.15, 0.2) is 23.5 Å². The van der Waals surface area contributed by atoms with Gasteiger partial charge in [0.1, 0.15) is 5.82 Å². The largest absolute Gasteiger partial charge is 0.382 e. The van der Waals surface area contributed by atoms with Gasteiger partial charge in [-0.2, -0.15) is 0 Å². The second-order valence-electron chi connectivity index (χ2n) is 2.34. The van der Waals surface area contributed by atoms with Crippen molar-refractivity contribution < 1.29 is 0 Å². The molecule has 0 aliphatic heterocycles. The number of rotatable bonds is 1. The van der Waals surface area contributed by atoms with Gasteiger partial charge in [0.25, 0.3) is 0 Å². The van der Waals surface area contributed by atoms with Crippen molar-refractivity contribution in [3.05, 3.63) is 18.3 Å². The Balaban J connectivity index is 2.78. The average molecular weight is 180 g/mol. The van der Waals surface area contributed by atoms with Gasteiger partial charge in [0.05, 0.1) is 5.52 Å². The lowest BCUT2D eigenvalue weighted by Crippen LogP contribution is -1.95. The van der Waals surface area contributed by atoms with Crippen LogP contribution in [0.25, 0.3) is 5.52 Å². The number of hydrogen-bond donors (Lipinski definition) is 1. The Morgan fingerprint density at radius 1 is 1.58 bits per heavy atom. The lowest BCUT2D eigenvalue weighted by Gasteiger charge is -1.97. The van der Waals surface area contributed by atoms with Gasteiger partial charge in [-0.05, 0) is 12.3 Å². The molecule has 0 unspecified atom stereocenters. The molecule has 2 aromatic rings. The second-order valence-corrected chi connectivity index (χ2v) is 3.11. The first-order chi connectivity index (χ1) is 5.81. The molecule has 0 radical (unpaired) electrons. The number of nitrogen functional groups attached to an aromatic ring is 1. The maximum Gasteiger partial charge on any atom is 0.189 e. The Hall–Kier alpha value is -1.23. The SMILES string of the molecule is CSc1nccc2cc(N)nn12. The standard InChI is InChI=1S/C7H8N4S/c1-12-7-9-3-2-5-4-6(8)10-11(5)7/h2-4H,1H3,(H2,8,10). The number of anilines is 1. The molecule has 0 saturated carbocycles. The van der Waals surface area contributed by atoms with Crippen LogP contribution in [0.1, 0.15) is 0 Å². The zero-order valence-electron chi connectivity index (χ0n) is 6.56. The van der Waals surface area contributed by atoms with Crippen LogP contribution in [0.4, 0.5) is 5.82 Å². The number of fused-ring (bicyclic) bond motifs is 1. The molecule has 4 nitrogen and oxygen atoms in total.